The maximum absolute atomic E-state index is 12.8. The summed E-state index contributed by atoms with van der Waals surface area (Å²) in [5.74, 6) is 0.873. The minimum Gasteiger partial charge on any atom is -0.493 e. The van der Waals surface area contributed by atoms with Gasteiger partial charge in [-0.15, -0.1) is 11.3 Å². The molecule has 1 aliphatic carbocycles. The van der Waals surface area contributed by atoms with Crippen LogP contribution in [0.3, 0.4) is 0 Å². The molecule has 0 bridgehead atoms. The van der Waals surface area contributed by atoms with Crippen molar-refractivity contribution < 1.29 is 22.7 Å². The van der Waals surface area contributed by atoms with Gasteiger partial charge < -0.3 is 9.47 Å². The van der Waals surface area contributed by atoms with Gasteiger partial charge in [0, 0.05) is 22.2 Å². The number of carbonyl (C=O) groups is 1. The number of anilines is 2. The molecule has 0 atom stereocenters. The number of carbonyl (C=O) groups excluding carboxylic acids is 1. The van der Waals surface area contributed by atoms with Gasteiger partial charge in [0.15, 0.2) is 16.6 Å². The molecule has 10 heteroatoms. The number of sulfonamides is 1. The van der Waals surface area contributed by atoms with Crippen LogP contribution in [-0.4, -0.2) is 38.8 Å². The van der Waals surface area contributed by atoms with E-state index >= 15 is 0 Å². The maximum atomic E-state index is 12.8. The molecule has 1 heterocycles. The Morgan fingerprint density at radius 1 is 1.09 bits per heavy atom. The van der Waals surface area contributed by atoms with Gasteiger partial charge in [0.25, 0.3) is 5.91 Å². The molecule has 4 rings (SSSR count). The van der Waals surface area contributed by atoms with Crippen molar-refractivity contribution in [1.29, 1.82) is 0 Å². The van der Waals surface area contributed by atoms with Crippen LogP contribution in [0.5, 0.6) is 11.5 Å². The Morgan fingerprint density at radius 2 is 1.82 bits per heavy atom. The lowest BCUT2D eigenvalue weighted by atomic mass is 10.1. The average molecular weight is 488 g/mol. The van der Waals surface area contributed by atoms with E-state index in [0.717, 1.165) is 24.7 Å². The third-order valence-corrected chi connectivity index (χ3v) is 6.59. The second kappa shape index (κ2) is 9.80. The number of hydrogen-bond acceptors (Lipinski definition) is 7. The molecule has 8 nitrogen and oxygen atoms in total. The first-order valence-corrected chi connectivity index (χ1v) is 13.3. The van der Waals surface area contributed by atoms with Crippen LogP contribution >= 0.6 is 11.3 Å². The van der Waals surface area contributed by atoms with Crippen LogP contribution < -0.4 is 19.5 Å². The lowest BCUT2D eigenvalue weighted by Gasteiger charge is -2.16. The van der Waals surface area contributed by atoms with E-state index < -0.39 is 10.0 Å². The molecule has 1 amide bonds. The van der Waals surface area contributed by atoms with Crippen LogP contribution in [0.1, 0.15) is 36.0 Å². The summed E-state index contributed by atoms with van der Waals surface area (Å²) in [5.41, 5.74) is 2.40. The second-order valence-corrected chi connectivity index (χ2v) is 10.4. The number of aromatic nitrogens is 1. The van der Waals surface area contributed by atoms with E-state index in [0.29, 0.717) is 33.6 Å². The van der Waals surface area contributed by atoms with E-state index in [9.17, 15) is 13.2 Å². The first kappa shape index (κ1) is 23.1. The second-order valence-electron chi connectivity index (χ2n) is 7.83. The number of methoxy groups -OCH3 is 1. The highest BCUT2D eigenvalue weighted by Gasteiger charge is 2.19. The van der Waals surface area contributed by atoms with Crippen LogP contribution in [0.4, 0.5) is 10.8 Å². The smallest absolute Gasteiger partial charge is 0.257 e. The molecule has 1 aliphatic rings. The number of hydrogen-bond donors (Lipinski definition) is 2. The van der Waals surface area contributed by atoms with Gasteiger partial charge in [-0.3, -0.25) is 14.8 Å². The van der Waals surface area contributed by atoms with Crippen molar-refractivity contribution in [3.05, 3.63) is 53.4 Å². The molecule has 174 valence electrons. The number of ether oxygens (including phenoxy) is 2. The Hall–Kier alpha value is -3.11. The van der Waals surface area contributed by atoms with E-state index in [-0.39, 0.29) is 12.0 Å². The SMILES string of the molecule is COc1cc(C(=O)Nc2nc(-c3ccc(NS(C)(=O)=O)cc3)cs2)ccc1OC1CCCC1. The van der Waals surface area contributed by atoms with Gasteiger partial charge in [-0.25, -0.2) is 13.4 Å². The highest BCUT2D eigenvalue weighted by molar-refractivity contribution is 7.92. The van der Waals surface area contributed by atoms with E-state index in [1.54, 1.807) is 49.6 Å². The fourth-order valence-corrected chi connectivity index (χ4v) is 4.93. The lowest BCUT2D eigenvalue weighted by molar-refractivity contribution is 0.102. The van der Waals surface area contributed by atoms with Gasteiger partial charge in [-0.1, -0.05) is 12.1 Å². The predicted octanol–water partition coefficient (Wildman–Crippen LogP) is 4.76. The first-order valence-electron chi connectivity index (χ1n) is 10.5. The Kier molecular flexibility index (Phi) is 6.85. The number of nitrogens with one attached hydrogen (secondary N) is 2. The summed E-state index contributed by atoms with van der Waals surface area (Å²) in [6.45, 7) is 0. The largest absolute Gasteiger partial charge is 0.493 e. The molecular formula is C23H25N3O5S2. The summed E-state index contributed by atoms with van der Waals surface area (Å²) >= 11 is 1.31. The summed E-state index contributed by atoms with van der Waals surface area (Å²) in [6.07, 6.45) is 5.71. The predicted molar refractivity (Wildman–Crippen MR) is 130 cm³/mol. The molecule has 1 aromatic heterocycles. The van der Waals surface area contributed by atoms with Crippen LogP contribution in [0.2, 0.25) is 0 Å². The van der Waals surface area contributed by atoms with Gasteiger partial charge in [0.1, 0.15) is 0 Å². The molecule has 0 saturated heterocycles. The molecule has 0 unspecified atom stereocenters. The average Bonchev–Trinajstić information content (AvgIpc) is 3.46. The van der Waals surface area contributed by atoms with Gasteiger partial charge >= 0.3 is 0 Å². The molecule has 2 N–H and O–H groups in total. The van der Waals surface area contributed by atoms with E-state index in [1.807, 2.05) is 5.38 Å². The topological polar surface area (TPSA) is 107 Å². The van der Waals surface area contributed by atoms with Crippen molar-refractivity contribution in [2.24, 2.45) is 0 Å². The Bertz CT molecular complexity index is 1230. The van der Waals surface area contributed by atoms with E-state index in [1.165, 1.54) is 24.2 Å². The Morgan fingerprint density at radius 3 is 2.48 bits per heavy atom. The number of rotatable bonds is 8. The summed E-state index contributed by atoms with van der Waals surface area (Å²) in [5, 5.41) is 5.10. The molecular weight excluding hydrogens is 462 g/mol. The van der Waals surface area contributed by atoms with Gasteiger partial charge in [-0.2, -0.15) is 0 Å². The zero-order chi connectivity index (χ0) is 23.4. The van der Waals surface area contributed by atoms with Crippen LogP contribution in [-0.2, 0) is 10.0 Å². The van der Waals surface area contributed by atoms with Crippen molar-refractivity contribution in [1.82, 2.24) is 4.98 Å². The summed E-state index contributed by atoms with van der Waals surface area (Å²) < 4.78 is 36.6. The van der Waals surface area contributed by atoms with Gasteiger partial charge in [0.2, 0.25) is 10.0 Å². The van der Waals surface area contributed by atoms with Crippen molar-refractivity contribution in [2.75, 3.05) is 23.4 Å². The van der Waals surface area contributed by atoms with Crippen molar-refractivity contribution in [3.8, 4) is 22.8 Å². The van der Waals surface area contributed by atoms with Gasteiger partial charge in [-0.05, 0) is 56.0 Å². The fraction of sp³-hybridized carbons (Fsp3) is 0.304. The zero-order valence-corrected chi connectivity index (χ0v) is 20.0. The molecule has 2 aromatic carbocycles. The monoisotopic (exact) mass is 487 g/mol. The third kappa shape index (κ3) is 6.02. The first-order chi connectivity index (χ1) is 15.8. The van der Waals surface area contributed by atoms with Crippen LogP contribution in [0, 0.1) is 0 Å². The number of nitrogens with zero attached hydrogens (tertiary/aromatic N) is 1. The highest BCUT2D eigenvalue weighted by Crippen LogP contribution is 2.33. The minimum atomic E-state index is -3.33. The van der Waals surface area contributed by atoms with Crippen molar-refractivity contribution in [3.63, 3.8) is 0 Å². The molecule has 1 fully saturated rings. The maximum Gasteiger partial charge on any atom is 0.257 e. The van der Waals surface area contributed by atoms with E-state index in [4.69, 9.17) is 9.47 Å². The van der Waals surface area contributed by atoms with Crippen LogP contribution in [0.15, 0.2) is 47.8 Å². The van der Waals surface area contributed by atoms with Crippen molar-refractivity contribution >= 4 is 38.1 Å². The number of benzene rings is 2. The summed E-state index contributed by atoms with van der Waals surface area (Å²) in [4.78, 5) is 17.2. The molecule has 0 radical (unpaired) electrons. The quantitative estimate of drug-likeness (QED) is 0.474. The molecule has 3 aromatic rings. The Balaban J connectivity index is 1.43. The van der Waals surface area contributed by atoms with Crippen LogP contribution in [0.25, 0.3) is 11.3 Å². The zero-order valence-electron chi connectivity index (χ0n) is 18.3. The fourth-order valence-electron chi connectivity index (χ4n) is 3.65. The van der Waals surface area contributed by atoms with Crippen molar-refractivity contribution in [2.45, 2.75) is 31.8 Å². The Labute approximate surface area is 197 Å². The number of amides is 1. The summed E-state index contributed by atoms with van der Waals surface area (Å²) in [6, 6.07) is 12.0. The lowest BCUT2D eigenvalue weighted by Crippen LogP contribution is -2.14. The number of thiazole rings is 1. The molecule has 1 saturated carbocycles. The van der Waals surface area contributed by atoms with Gasteiger partial charge in [0.05, 0.1) is 25.2 Å². The standard InChI is InChI=1S/C23H25N3O5S2/c1-30-21-13-16(9-12-20(21)31-18-5-3-4-6-18)22(27)25-23-24-19(14-32-23)15-7-10-17(11-8-15)26-33(2,28)29/h7-14,18,26H,3-6H2,1-2H3,(H,24,25,27). The molecule has 0 spiro atoms. The molecule has 0 aliphatic heterocycles. The molecule has 33 heavy (non-hydrogen) atoms. The van der Waals surface area contributed by atoms with E-state index in [2.05, 4.69) is 15.0 Å². The summed E-state index contributed by atoms with van der Waals surface area (Å²) in [7, 11) is -1.77. The highest BCUT2D eigenvalue weighted by atomic mass is 32.2. The minimum absolute atomic E-state index is 0.198. The normalized spacial score (nSPS) is 14.1. The third-order valence-electron chi connectivity index (χ3n) is 5.23.